The van der Waals surface area contributed by atoms with Gasteiger partial charge in [0, 0.05) is 5.38 Å². The number of anilines is 1. The number of rotatable bonds is 2. The Labute approximate surface area is 83.8 Å². The molecule has 0 unspecified atom stereocenters. The molecule has 2 rings (SSSR count). The zero-order valence-corrected chi connectivity index (χ0v) is 8.32. The smallest absolute Gasteiger partial charge is 0.265 e. The molecule has 1 amide bonds. The van der Waals surface area contributed by atoms with Gasteiger partial charge in [-0.25, -0.2) is 0 Å². The second kappa shape index (κ2) is 3.72. The highest BCUT2D eigenvalue weighted by Crippen LogP contribution is 2.15. The SMILES string of the molecule is O=C(Nc1ccsc1)c1cccs1. The number of hydrogen-bond donors (Lipinski definition) is 1. The zero-order valence-electron chi connectivity index (χ0n) is 6.69. The normalized spacial score (nSPS) is 9.85. The van der Waals surface area contributed by atoms with E-state index in [9.17, 15) is 4.79 Å². The molecule has 2 heterocycles. The minimum absolute atomic E-state index is 0.0339. The first-order valence-electron chi connectivity index (χ1n) is 3.73. The van der Waals surface area contributed by atoms with E-state index in [4.69, 9.17) is 0 Å². The first-order chi connectivity index (χ1) is 6.36. The molecule has 13 heavy (non-hydrogen) atoms. The van der Waals surface area contributed by atoms with Crippen molar-refractivity contribution in [3.8, 4) is 0 Å². The molecule has 0 aliphatic carbocycles. The van der Waals surface area contributed by atoms with E-state index in [-0.39, 0.29) is 5.91 Å². The van der Waals surface area contributed by atoms with Gasteiger partial charge in [-0.3, -0.25) is 4.79 Å². The summed E-state index contributed by atoms with van der Waals surface area (Å²) in [5.74, 6) is -0.0339. The zero-order chi connectivity index (χ0) is 9.10. The van der Waals surface area contributed by atoms with Crippen molar-refractivity contribution in [1.29, 1.82) is 0 Å². The highest BCUT2D eigenvalue weighted by molar-refractivity contribution is 7.12. The minimum atomic E-state index is -0.0339. The lowest BCUT2D eigenvalue weighted by molar-refractivity contribution is 0.103. The number of carbonyl (C=O) groups is 1. The average Bonchev–Trinajstić information content (AvgIpc) is 2.74. The summed E-state index contributed by atoms with van der Waals surface area (Å²) in [6.07, 6.45) is 0. The fourth-order valence-corrected chi connectivity index (χ4v) is 2.14. The fourth-order valence-electron chi connectivity index (χ4n) is 0.936. The summed E-state index contributed by atoms with van der Waals surface area (Å²) in [5, 5.41) is 8.54. The molecular weight excluding hydrogens is 202 g/mol. The van der Waals surface area contributed by atoms with Crippen LogP contribution >= 0.6 is 22.7 Å². The number of amides is 1. The van der Waals surface area contributed by atoms with Gasteiger partial charge in [-0.05, 0) is 22.9 Å². The molecule has 4 heteroatoms. The molecule has 0 atom stereocenters. The number of thiophene rings is 2. The summed E-state index contributed by atoms with van der Waals surface area (Å²) < 4.78 is 0. The molecular formula is C9H7NOS2. The average molecular weight is 209 g/mol. The van der Waals surface area contributed by atoms with E-state index in [2.05, 4.69) is 5.32 Å². The van der Waals surface area contributed by atoms with E-state index in [1.54, 1.807) is 11.3 Å². The fraction of sp³-hybridized carbons (Fsp3) is 0. The summed E-state index contributed by atoms with van der Waals surface area (Å²) in [6, 6.07) is 5.57. The molecule has 2 aromatic heterocycles. The van der Waals surface area contributed by atoms with Gasteiger partial charge in [0.1, 0.15) is 0 Å². The molecule has 0 aliphatic rings. The molecule has 0 aromatic carbocycles. The number of hydrogen-bond acceptors (Lipinski definition) is 3. The van der Waals surface area contributed by atoms with Crippen LogP contribution in [0.5, 0.6) is 0 Å². The van der Waals surface area contributed by atoms with E-state index in [1.807, 2.05) is 34.3 Å². The highest BCUT2D eigenvalue weighted by Gasteiger charge is 2.05. The van der Waals surface area contributed by atoms with E-state index in [0.717, 1.165) is 10.6 Å². The summed E-state index contributed by atoms with van der Waals surface area (Å²) in [5.41, 5.74) is 0.864. The van der Waals surface area contributed by atoms with Gasteiger partial charge in [-0.15, -0.1) is 11.3 Å². The van der Waals surface area contributed by atoms with E-state index in [0.29, 0.717) is 0 Å². The van der Waals surface area contributed by atoms with E-state index in [1.165, 1.54) is 11.3 Å². The van der Waals surface area contributed by atoms with Gasteiger partial charge in [-0.2, -0.15) is 11.3 Å². The van der Waals surface area contributed by atoms with Crippen molar-refractivity contribution < 1.29 is 4.79 Å². The predicted octanol–water partition coefficient (Wildman–Crippen LogP) is 3.06. The Morgan fingerprint density at radius 2 is 2.23 bits per heavy atom. The van der Waals surface area contributed by atoms with Crippen LogP contribution in [-0.2, 0) is 0 Å². The molecule has 0 bridgehead atoms. The highest BCUT2D eigenvalue weighted by atomic mass is 32.1. The van der Waals surface area contributed by atoms with Gasteiger partial charge in [-0.1, -0.05) is 6.07 Å². The maximum Gasteiger partial charge on any atom is 0.265 e. The lowest BCUT2D eigenvalue weighted by atomic mass is 10.4. The molecule has 0 aliphatic heterocycles. The van der Waals surface area contributed by atoms with Crippen LogP contribution in [0, 0.1) is 0 Å². The Hall–Kier alpha value is -1.13. The maximum absolute atomic E-state index is 11.5. The van der Waals surface area contributed by atoms with Gasteiger partial charge < -0.3 is 5.32 Å². The molecule has 66 valence electrons. The Morgan fingerprint density at radius 1 is 1.31 bits per heavy atom. The van der Waals surface area contributed by atoms with E-state index < -0.39 is 0 Å². The summed E-state index contributed by atoms with van der Waals surface area (Å²) >= 11 is 3.01. The van der Waals surface area contributed by atoms with Crippen molar-refractivity contribution in [3.05, 3.63) is 39.2 Å². The maximum atomic E-state index is 11.5. The number of nitrogens with one attached hydrogen (secondary N) is 1. The topological polar surface area (TPSA) is 29.1 Å². The second-order valence-electron chi connectivity index (χ2n) is 2.44. The first kappa shape index (κ1) is 8.47. The first-order valence-corrected chi connectivity index (χ1v) is 5.55. The van der Waals surface area contributed by atoms with Crippen LogP contribution in [0.1, 0.15) is 9.67 Å². The lowest BCUT2D eigenvalue weighted by Gasteiger charge is -1.98. The Balaban J connectivity index is 2.08. The molecule has 0 saturated carbocycles. The minimum Gasteiger partial charge on any atom is -0.321 e. The van der Waals surface area contributed by atoms with Crippen molar-refractivity contribution in [2.75, 3.05) is 5.32 Å². The summed E-state index contributed by atoms with van der Waals surface area (Å²) in [4.78, 5) is 12.2. The van der Waals surface area contributed by atoms with Gasteiger partial charge >= 0.3 is 0 Å². The predicted molar refractivity (Wildman–Crippen MR) is 56.6 cm³/mol. The molecule has 2 nitrogen and oxygen atoms in total. The third kappa shape index (κ3) is 1.96. The molecule has 0 radical (unpaired) electrons. The Bertz CT molecular complexity index is 378. The van der Waals surface area contributed by atoms with Crippen LogP contribution in [-0.4, -0.2) is 5.91 Å². The van der Waals surface area contributed by atoms with Gasteiger partial charge in [0.2, 0.25) is 0 Å². The van der Waals surface area contributed by atoms with Crippen molar-refractivity contribution >= 4 is 34.3 Å². The van der Waals surface area contributed by atoms with Crippen LogP contribution < -0.4 is 5.32 Å². The molecule has 0 saturated heterocycles. The van der Waals surface area contributed by atoms with Crippen LogP contribution in [0.15, 0.2) is 34.3 Å². The molecule has 1 N–H and O–H groups in total. The molecule has 0 fully saturated rings. The standard InChI is InChI=1S/C9H7NOS2/c11-9(8-2-1-4-13-8)10-7-3-5-12-6-7/h1-6H,(H,10,11). The van der Waals surface area contributed by atoms with Gasteiger partial charge in [0.25, 0.3) is 5.91 Å². The quantitative estimate of drug-likeness (QED) is 0.809. The third-order valence-corrected chi connectivity index (χ3v) is 3.08. The van der Waals surface area contributed by atoms with Crippen molar-refractivity contribution in [3.63, 3.8) is 0 Å². The summed E-state index contributed by atoms with van der Waals surface area (Å²) in [6.45, 7) is 0. The van der Waals surface area contributed by atoms with Crippen molar-refractivity contribution in [2.45, 2.75) is 0 Å². The number of carbonyl (C=O) groups excluding carboxylic acids is 1. The summed E-state index contributed by atoms with van der Waals surface area (Å²) in [7, 11) is 0. The van der Waals surface area contributed by atoms with E-state index >= 15 is 0 Å². The van der Waals surface area contributed by atoms with Crippen LogP contribution in [0.2, 0.25) is 0 Å². The largest absolute Gasteiger partial charge is 0.321 e. The van der Waals surface area contributed by atoms with Crippen LogP contribution in [0.25, 0.3) is 0 Å². The van der Waals surface area contributed by atoms with Crippen molar-refractivity contribution in [1.82, 2.24) is 0 Å². The lowest BCUT2D eigenvalue weighted by Crippen LogP contribution is -2.08. The Morgan fingerprint density at radius 3 is 2.85 bits per heavy atom. The van der Waals surface area contributed by atoms with Crippen LogP contribution in [0.3, 0.4) is 0 Å². The Kier molecular flexibility index (Phi) is 2.42. The van der Waals surface area contributed by atoms with Gasteiger partial charge in [0.15, 0.2) is 0 Å². The third-order valence-electron chi connectivity index (χ3n) is 1.52. The molecule has 0 spiro atoms. The molecule has 2 aromatic rings. The van der Waals surface area contributed by atoms with Gasteiger partial charge in [0.05, 0.1) is 10.6 Å². The van der Waals surface area contributed by atoms with Crippen molar-refractivity contribution in [2.24, 2.45) is 0 Å². The second-order valence-corrected chi connectivity index (χ2v) is 4.17. The monoisotopic (exact) mass is 209 g/mol. The van der Waals surface area contributed by atoms with Crippen LogP contribution in [0.4, 0.5) is 5.69 Å².